The molecule has 0 atom stereocenters. The number of halogens is 6. The van der Waals surface area contributed by atoms with Gasteiger partial charge in [-0.25, -0.2) is 4.85 Å². The fraction of sp³-hybridized carbons (Fsp3) is 0.140. The summed E-state index contributed by atoms with van der Waals surface area (Å²) in [5.74, 6) is 0. The van der Waals surface area contributed by atoms with Gasteiger partial charge in [-0.15, -0.1) is 0 Å². The Bertz CT molecular complexity index is 2560. The van der Waals surface area contributed by atoms with Crippen LogP contribution in [0.1, 0.15) is 33.4 Å². The van der Waals surface area contributed by atoms with Crippen molar-refractivity contribution in [1.82, 2.24) is 9.13 Å². The summed E-state index contributed by atoms with van der Waals surface area (Å²) in [5.41, 5.74) is 1.62. The maximum Gasteiger partial charge on any atom is 0.420 e. The highest BCUT2D eigenvalue weighted by atomic mass is 19.4. The van der Waals surface area contributed by atoms with Crippen molar-refractivity contribution in [2.75, 3.05) is 0 Å². The van der Waals surface area contributed by atoms with Crippen LogP contribution in [0.4, 0.5) is 32.0 Å². The lowest BCUT2D eigenvalue weighted by Crippen LogP contribution is -2.16. The maximum atomic E-state index is 16.0. The zero-order chi connectivity index (χ0) is 36.9. The molecule has 0 spiro atoms. The van der Waals surface area contributed by atoms with E-state index in [2.05, 4.69) is 4.85 Å². The Balaban J connectivity index is 1.65. The molecule has 9 heteroatoms. The molecule has 0 unspecified atom stereocenters. The second-order valence-corrected chi connectivity index (χ2v) is 13.4. The molecule has 0 N–H and O–H groups in total. The lowest BCUT2D eigenvalue weighted by molar-refractivity contribution is -0.138. The van der Waals surface area contributed by atoms with Gasteiger partial charge < -0.3 is 9.13 Å². The molecule has 0 fully saturated rings. The Labute approximate surface area is 294 Å². The van der Waals surface area contributed by atoms with Gasteiger partial charge in [-0.1, -0.05) is 64.7 Å². The van der Waals surface area contributed by atoms with E-state index in [0.717, 1.165) is 46.5 Å². The van der Waals surface area contributed by atoms with E-state index < -0.39 is 29.0 Å². The molecule has 0 saturated heterocycles. The largest absolute Gasteiger partial charge is 0.420 e. The van der Waals surface area contributed by atoms with E-state index in [0.29, 0.717) is 43.6 Å². The van der Waals surface area contributed by atoms with Crippen LogP contribution >= 0.6 is 0 Å². The monoisotopic (exact) mass is 701 g/mol. The van der Waals surface area contributed by atoms with Crippen LogP contribution in [0.3, 0.4) is 0 Å². The molecular weight excluding hydrogens is 672 g/mol. The van der Waals surface area contributed by atoms with Crippen molar-refractivity contribution >= 4 is 49.3 Å². The van der Waals surface area contributed by atoms with Gasteiger partial charge in [0.15, 0.2) is 5.69 Å². The molecule has 0 saturated carbocycles. The predicted octanol–water partition coefficient (Wildman–Crippen LogP) is 13.4. The number of benzene rings is 6. The zero-order valence-corrected chi connectivity index (χ0v) is 28.4. The molecule has 0 aliphatic heterocycles. The van der Waals surface area contributed by atoms with E-state index in [4.69, 9.17) is 6.57 Å². The second kappa shape index (κ2) is 11.5. The van der Waals surface area contributed by atoms with E-state index in [9.17, 15) is 13.2 Å². The number of fused-ring (bicyclic) bond motifs is 6. The Morgan fingerprint density at radius 2 is 0.885 bits per heavy atom. The third kappa shape index (κ3) is 5.12. The summed E-state index contributed by atoms with van der Waals surface area (Å²) in [4.78, 5) is 3.43. The van der Waals surface area contributed by atoms with Gasteiger partial charge in [-0.3, -0.25) is 0 Å². The number of aryl methyl sites for hydroxylation is 4. The van der Waals surface area contributed by atoms with E-state index in [1.165, 1.54) is 15.2 Å². The van der Waals surface area contributed by atoms with E-state index in [-0.39, 0.29) is 22.6 Å². The van der Waals surface area contributed by atoms with Crippen LogP contribution in [0.5, 0.6) is 0 Å². The molecule has 2 aromatic heterocycles. The van der Waals surface area contributed by atoms with Crippen LogP contribution in [0.15, 0.2) is 103 Å². The lowest BCUT2D eigenvalue weighted by atomic mass is 9.94. The fourth-order valence-electron chi connectivity index (χ4n) is 7.59. The molecule has 8 aromatic rings. The van der Waals surface area contributed by atoms with Gasteiger partial charge in [0.2, 0.25) is 0 Å². The molecule has 6 aromatic carbocycles. The number of aromatic nitrogens is 2. The first-order valence-electron chi connectivity index (χ1n) is 16.5. The van der Waals surface area contributed by atoms with Gasteiger partial charge in [0.1, 0.15) is 5.56 Å². The highest BCUT2D eigenvalue weighted by Crippen LogP contribution is 2.49. The summed E-state index contributed by atoms with van der Waals surface area (Å²) in [6.07, 6.45) is -9.88. The second-order valence-electron chi connectivity index (χ2n) is 13.4. The van der Waals surface area contributed by atoms with Crippen LogP contribution in [0.2, 0.25) is 0 Å². The molecule has 258 valence electrons. The molecule has 0 aliphatic rings. The van der Waals surface area contributed by atoms with Crippen LogP contribution < -0.4 is 0 Å². The summed E-state index contributed by atoms with van der Waals surface area (Å²) in [6, 6.07) is 27.4. The standard InChI is InChI=1S/C43H29F6N3/c1-23-9-13-34-28(17-23)29-18-24(2)10-14-35(29)51(34)38-21-27(40-32(42(44,45)46)7-6-8-33(40)50-5)22-39(41(38)43(47,48)49)52-36-15-11-25(3)19-30(36)31-20-26(4)12-16-37(31)52/h6-22H,1-4H3. The minimum absolute atomic E-state index is 0.166. The molecule has 2 heterocycles. The summed E-state index contributed by atoms with van der Waals surface area (Å²) in [5, 5.41) is 2.83. The lowest BCUT2D eigenvalue weighted by Gasteiger charge is -2.24. The average Bonchev–Trinajstić information content (AvgIpc) is 3.57. The third-order valence-corrected chi connectivity index (χ3v) is 9.77. The molecular formula is C43H29F6N3. The predicted molar refractivity (Wildman–Crippen MR) is 196 cm³/mol. The first-order valence-corrected chi connectivity index (χ1v) is 16.5. The number of rotatable bonds is 3. The van der Waals surface area contributed by atoms with Crippen molar-refractivity contribution in [2.45, 2.75) is 40.0 Å². The molecule has 0 aliphatic carbocycles. The molecule has 3 nitrogen and oxygen atoms in total. The van der Waals surface area contributed by atoms with Crippen molar-refractivity contribution < 1.29 is 26.3 Å². The van der Waals surface area contributed by atoms with Crippen molar-refractivity contribution in [3.63, 3.8) is 0 Å². The van der Waals surface area contributed by atoms with Crippen molar-refractivity contribution in [1.29, 1.82) is 0 Å². The Morgan fingerprint density at radius 3 is 1.21 bits per heavy atom. The highest BCUT2D eigenvalue weighted by Gasteiger charge is 2.41. The molecule has 0 bridgehead atoms. The van der Waals surface area contributed by atoms with E-state index in [1.807, 2.05) is 52.0 Å². The smallest absolute Gasteiger partial charge is 0.309 e. The maximum absolute atomic E-state index is 16.0. The molecule has 0 amide bonds. The first kappa shape index (κ1) is 33.2. The van der Waals surface area contributed by atoms with Crippen LogP contribution in [-0.4, -0.2) is 9.13 Å². The zero-order valence-electron chi connectivity index (χ0n) is 28.4. The van der Waals surface area contributed by atoms with Crippen molar-refractivity contribution in [3.05, 3.63) is 148 Å². The SMILES string of the molecule is [C-]#[N+]c1cccc(C(F)(F)F)c1-c1cc(-n2c3ccc(C)cc3c3cc(C)ccc32)c(C(F)(F)F)c(-n2c3ccc(C)cc3c3cc(C)ccc32)c1. The minimum Gasteiger partial charge on any atom is -0.309 e. The van der Waals surface area contributed by atoms with Gasteiger partial charge in [-0.2, -0.15) is 26.3 Å². The normalized spacial score (nSPS) is 12.4. The number of hydrogen-bond donors (Lipinski definition) is 0. The molecule has 0 radical (unpaired) electrons. The van der Waals surface area contributed by atoms with E-state index >= 15 is 13.2 Å². The Morgan fingerprint density at radius 1 is 0.500 bits per heavy atom. The van der Waals surface area contributed by atoms with Crippen LogP contribution in [0.25, 0.3) is 71.0 Å². The van der Waals surface area contributed by atoms with Gasteiger partial charge in [0.05, 0.1) is 45.6 Å². The van der Waals surface area contributed by atoms with Crippen molar-refractivity contribution in [3.8, 4) is 22.5 Å². The highest BCUT2D eigenvalue weighted by molar-refractivity contribution is 6.11. The summed E-state index contributed by atoms with van der Waals surface area (Å²) >= 11 is 0. The van der Waals surface area contributed by atoms with Gasteiger partial charge in [0.25, 0.3) is 0 Å². The van der Waals surface area contributed by atoms with Gasteiger partial charge in [-0.05, 0) is 99.5 Å². The van der Waals surface area contributed by atoms with Gasteiger partial charge in [0, 0.05) is 21.5 Å². The third-order valence-electron chi connectivity index (χ3n) is 9.77. The molecule has 8 rings (SSSR count). The first-order chi connectivity index (χ1) is 24.7. The fourth-order valence-corrected chi connectivity index (χ4v) is 7.59. The van der Waals surface area contributed by atoms with E-state index in [1.54, 1.807) is 48.5 Å². The van der Waals surface area contributed by atoms with Crippen molar-refractivity contribution in [2.24, 2.45) is 0 Å². The van der Waals surface area contributed by atoms with Crippen LogP contribution in [-0.2, 0) is 12.4 Å². The van der Waals surface area contributed by atoms with Gasteiger partial charge >= 0.3 is 12.4 Å². The Kier molecular flexibility index (Phi) is 7.33. The average molecular weight is 702 g/mol. The summed E-state index contributed by atoms with van der Waals surface area (Å²) in [6.45, 7) is 15.4. The number of hydrogen-bond acceptors (Lipinski definition) is 0. The summed E-state index contributed by atoms with van der Waals surface area (Å²) in [7, 11) is 0. The number of nitrogens with zero attached hydrogens (tertiary/aromatic N) is 3. The van der Waals surface area contributed by atoms with Crippen LogP contribution in [0, 0.1) is 34.3 Å². The minimum atomic E-state index is -4.98. The molecule has 52 heavy (non-hydrogen) atoms. The number of alkyl halides is 6. The Hall–Kier alpha value is -6.01. The quantitative estimate of drug-likeness (QED) is 0.129. The summed E-state index contributed by atoms with van der Waals surface area (Å²) < 4.78 is 95.4. The topological polar surface area (TPSA) is 14.2 Å².